The van der Waals surface area contributed by atoms with E-state index in [1.807, 2.05) is 0 Å². The van der Waals surface area contributed by atoms with Crippen molar-refractivity contribution in [3.8, 4) is 0 Å². The molecule has 0 fully saturated rings. The lowest BCUT2D eigenvalue weighted by atomic mass is 10.0. The number of hydrogen-bond acceptors (Lipinski definition) is 2. The third-order valence-electron chi connectivity index (χ3n) is 8.01. The van der Waals surface area contributed by atoms with Gasteiger partial charge < -0.3 is 9.80 Å². The summed E-state index contributed by atoms with van der Waals surface area (Å²) in [6.45, 7) is 5.81. The smallest absolute Gasteiger partial charge is 0.105 e. The van der Waals surface area contributed by atoms with Gasteiger partial charge in [0.2, 0.25) is 0 Å². The lowest BCUT2D eigenvalue weighted by Crippen LogP contribution is -2.39. The van der Waals surface area contributed by atoms with Crippen molar-refractivity contribution < 1.29 is 0 Å². The van der Waals surface area contributed by atoms with Crippen LogP contribution in [-0.4, -0.2) is 17.6 Å². The van der Waals surface area contributed by atoms with Gasteiger partial charge in [-0.25, -0.2) is 0 Å². The van der Waals surface area contributed by atoms with Crippen LogP contribution in [0.2, 0.25) is 0 Å². The maximum atomic E-state index is 2.63. The summed E-state index contributed by atoms with van der Waals surface area (Å²) in [5.74, 6) is 0. The van der Waals surface area contributed by atoms with Gasteiger partial charge in [0.05, 0.1) is 0 Å². The van der Waals surface area contributed by atoms with Crippen LogP contribution < -0.4 is 4.90 Å². The predicted octanol–water partition coefficient (Wildman–Crippen LogP) is 11.2. The monoisotopic (exact) mass is 496 g/mol. The van der Waals surface area contributed by atoms with Crippen LogP contribution in [0, 0.1) is 0 Å². The highest BCUT2D eigenvalue weighted by atomic mass is 15.4. The van der Waals surface area contributed by atoms with Crippen LogP contribution in [0.5, 0.6) is 0 Å². The Morgan fingerprint density at radius 2 is 0.944 bits per heavy atom. The molecule has 1 heterocycles. The number of hydrogen-bond donors (Lipinski definition) is 0. The van der Waals surface area contributed by atoms with Crippen LogP contribution in [0.4, 0.5) is 5.69 Å². The van der Waals surface area contributed by atoms with Gasteiger partial charge in [0, 0.05) is 24.6 Å². The first kappa shape index (κ1) is 30.8. The van der Waals surface area contributed by atoms with Gasteiger partial charge in [0.15, 0.2) is 0 Å². The van der Waals surface area contributed by atoms with E-state index in [1.165, 1.54) is 153 Å². The van der Waals surface area contributed by atoms with Crippen LogP contribution in [0.15, 0.2) is 42.7 Å². The van der Waals surface area contributed by atoms with Crippen molar-refractivity contribution >= 4 is 5.69 Å². The average molecular weight is 497 g/mol. The molecule has 0 aromatic heterocycles. The van der Waals surface area contributed by atoms with E-state index in [9.17, 15) is 0 Å². The highest BCUT2D eigenvalue weighted by Gasteiger charge is 2.26. The van der Waals surface area contributed by atoms with Gasteiger partial charge in [-0.2, -0.15) is 0 Å². The molecule has 2 nitrogen and oxygen atoms in total. The molecule has 0 aliphatic carbocycles. The van der Waals surface area contributed by atoms with E-state index >= 15 is 0 Å². The summed E-state index contributed by atoms with van der Waals surface area (Å²) in [5, 5.41) is 0. The molecule has 0 amide bonds. The van der Waals surface area contributed by atoms with Crippen molar-refractivity contribution in [2.45, 2.75) is 161 Å². The number of anilines is 1. The molecule has 1 aromatic rings. The van der Waals surface area contributed by atoms with Crippen molar-refractivity contribution in [1.82, 2.24) is 4.90 Å². The zero-order chi connectivity index (χ0) is 25.5. The molecule has 36 heavy (non-hydrogen) atoms. The molecule has 1 aliphatic heterocycles. The molecule has 206 valence electrons. The minimum Gasteiger partial charge on any atom is -0.356 e. The van der Waals surface area contributed by atoms with Crippen molar-refractivity contribution in [1.29, 1.82) is 0 Å². The summed E-state index contributed by atoms with van der Waals surface area (Å²) in [6, 6.07) is 11.0. The number of rotatable bonds is 24. The zero-order valence-corrected chi connectivity index (χ0v) is 24.3. The lowest BCUT2D eigenvalue weighted by molar-refractivity contribution is 0.273. The number of unbranched alkanes of at least 4 members (excludes halogenated alkanes) is 19. The summed E-state index contributed by atoms with van der Waals surface area (Å²) in [6.07, 6.45) is 36.2. The van der Waals surface area contributed by atoms with Gasteiger partial charge in [0.1, 0.15) is 6.17 Å². The second kappa shape index (κ2) is 21.6. The zero-order valence-electron chi connectivity index (χ0n) is 24.3. The van der Waals surface area contributed by atoms with E-state index in [1.54, 1.807) is 0 Å². The van der Waals surface area contributed by atoms with Crippen molar-refractivity contribution in [2.75, 3.05) is 11.4 Å². The highest BCUT2D eigenvalue weighted by Crippen LogP contribution is 2.28. The van der Waals surface area contributed by atoms with Gasteiger partial charge in [-0.1, -0.05) is 154 Å². The summed E-state index contributed by atoms with van der Waals surface area (Å²) in [7, 11) is 0. The maximum Gasteiger partial charge on any atom is 0.105 e. The minimum atomic E-state index is 0.504. The fourth-order valence-corrected chi connectivity index (χ4v) is 5.68. The van der Waals surface area contributed by atoms with E-state index in [2.05, 4.69) is 66.4 Å². The Labute approximate surface area is 225 Å². The summed E-state index contributed by atoms with van der Waals surface area (Å²) in [5.41, 5.74) is 1.34. The van der Waals surface area contributed by atoms with Crippen molar-refractivity contribution in [3.05, 3.63) is 42.7 Å². The molecule has 1 unspecified atom stereocenters. The molecule has 0 bridgehead atoms. The van der Waals surface area contributed by atoms with E-state index in [0.29, 0.717) is 6.17 Å². The second-order valence-electron chi connectivity index (χ2n) is 11.3. The molecule has 1 aromatic carbocycles. The molecule has 0 saturated carbocycles. The van der Waals surface area contributed by atoms with Gasteiger partial charge >= 0.3 is 0 Å². The highest BCUT2D eigenvalue weighted by molar-refractivity contribution is 5.51. The molecule has 2 heteroatoms. The van der Waals surface area contributed by atoms with Gasteiger partial charge in [-0.05, 0) is 31.4 Å². The molecule has 1 atom stereocenters. The quantitative estimate of drug-likeness (QED) is 0.131. The fraction of sp³-hybridized carbons (Fsp3) is 0.765. The maximum absolute atomic E-state index is 2.63. The number of benzene rings is 1. The van der Waals surface area contributed by atoms with Crippen LogP contribution in [0.1, 0.15) is 155 Å². The van der Waals surface area contributed by atoms with Crippen LogP contribution >= 0.6 is 0 Å². The summed E-state index contributed by atoms with van der Waals surface area (Å²) >= 11 is 0. The van der Waals surface area contributed by atoms with Crippen LogP contribution in [0.3, 0.4) is 0 Å². The molecular formula is C34H60N2. The van der Waals surface area contributed by atoms with Crippen LogP contribution in [0.25, 0.3) is 0 Å². The molecule has 0 radical (unpaired) electrons. The van der Waals surface area contributed by atoms with Crippen LogP contribution in [-0.2, 0) is 0 Å². The van der Waals surface area contributed by atoms with Crippen molar-refractivity contribution in [2.24, 2.45) is 0 Å². The molecular weight excluding hydrogens is 436 g/mol. The topological polar surface area (TPSA) is 6.48 Å². The molecule has 0 saturated heterocycles. The summed E-state index contributed by atoms with van der Waals surface area (Å²) < 4.78 is 0. The Kier molecular flexibility index (Phi) is 18.5. The molecule has 1 aliphatic rings. The second-order valence-corrected chi connectivity index (χ2v) is 11.3. The Bertz CT molecular complexity index is 625. The minimum absolute atomic E-state index is 0.504. The largest absolute Gasteiger partial charge is 0.356 e. The molecule has 2 rings (SSSR count). The summed E-state index contributed by atoms with van der Waals surface area (Å²) in [4.78, 5) is 5.15. The third-order valence-corrected chi connectivity index (χ3v) is 8.01. The normalized spacial score (nSPS) is 15.3. The first-order valence-corrected chi connectivity index (χ1v) is 16.1. The molecule has 0 spiro atoms. The number of para-hydroxylation sites is 1. The van der Waals surface area contributed by atoms with Gasteiger partial charge in [-0.15, -0.1) is 0 Å². The SMILES string of the molecule is CCCCCCCCCCCCCN1C=CN(c2ccccc2)C1CCCCCCCCCCCC. The van der Waals surface area contributed by atoms with E-state index < -0.39 is 0 Å². The molecule has 0 N–H and O–H groups in total. The Morgan fingerprint density at radius 3 is 1.44 bits per heavy atom. The average Bonchev–Trinajstić information content (AvgIpc) is 3.31. The predicted molar refractivity (Wildman–Crippen MR) is 161 cm³/mol. The van der Waals surface area contributed by atoms with E-state index in [0.717, 1.165) is 0 Å². The third kappa shape index (κ3) is 13.8. The van der Waals surface area contributed by atoms with E-state index in [4.69, 9.17) is 0 Å². The standard InChI is InChI=1S/C34H60N2/c1-3-5-7-9-11-13-15-17-19-21-26-30-35-31-32-36(33-27-23-22-24-28-33)34(35)29-25-20-18-16-14-12-10-8-6-4-2/h22-24,27-28,31-32,34H,3-21,25-26,29-30H2,1-2H3. The number of nitrogens with zero attached hydrogens (tertiary/aromatic N) is 2. The first-order chi connectivity index (χ1) is 17.9. The Balaban J connectivity index is 1.62. The Hall–Kier alpha value is -1.44. The van der Waals surface area contributed by atoms with Gasteiger partial charge in [0.25, 0.3) is 0 Å². The van der Waals surface area contributed by atoms with Crippen molar-refractivity contribution in [3.63, 3.8) is 0 Å². The van der Waals surface area contributed by atoms with Gasteiger partial charge in [-0.3, -0.25) is 0 Å². The fourth-order valence-electron chi connectivity index (χ4n) is 5.68. The Morgan fingerprint density at radius 1 is 0.500 bits per heavy atom. The lowest BCUT2D eigenvalue weighted by Gasteiger charge is -2.33. The van der Waals surface area contributed by atoms with E-state index in [-0.39, 0.29) is 0 Å². The first-order valence-electron chi connectivity index (χ1n) is 16.1.